The molecule has 0 saturated carbocycles. The normalized spacial score (nSPS) is 10.5. The molecular formula is C25H24ClNO4. The highest BCUT2D eigenvalue weighted by atomic mass is 35.5. The highest BCUT2D eigenvalue weighted by Gasteiger charge is 2.20. The SMILES string of the molecule is CCc1ccccc1CN(Cc1ccccc1)C(=O)COc1c(Cl)cccc1C(=O)O. The number of aromatic carboxylic acids is 1. The quantitative estimate of drug-likeness (QED) is 0.499. The van der Waals surface area contributed by atoms with E-state index in [1.807, 2.05) is 48.5 Å². The number of carbonyl (C=O) groups excluding carboxylic acids is 1. The lowest BCUT2D eigenvalue weighted by molar-refractivity contribution is -0.134. The van der Waals surface area contributed by atoms with Crippen LogP contribution >= 0.6 is 11.6 Å². The van der Waals surface area contributed by atoms with Gasteiger partial charge in [-0.3, -0.25) is 4.79 Å². The Hall–Kier alpha value is -3.31. The van der Waals surface area contributed by atoms with E-state index in [4.69, 9.17) is 16.3 Å². The minimum atomic E-state index is -1.16. The number of halogens is 1. The van der Waals surface area contributed by atoms with Crippen LogP contribution in [0.3, 0.4) is 0 Å². The van der Waals surface area contributed by atoms with Crippen LogP contribution in [0.25, 0.3) is 0 Å². The summed E-state index contributed by atoms with van der Waals surface area (Å²) in [4.78, 5) is 26.3. The molecule has 6 heteroatoms. The van der Waals surface area contributed by atoms with E-state index >= 15 is 0 Å². The number of hydrogen-bond acceptors (Lipinski definition) is 3. The molecule has 3 rings (SSSR count). The molecule has 0 aliphatic carbocycles. The number of carbonyl (C=O) groups is 2. The van der Waals surface area contributed by atoms with Gasteiger partial charge in [0, 0.05) is 13.1 Å². The van der Waals surface area contributed by atoms with Crippen molar-refractivity contribution >= 4 is 23.5 Å². The number of carboxylic acid groups (broad SMARTS) is 1. The minimum absolute atomic E-state index is 0.00126. The van der Waals surface area contributed by atoms with E-state index in [9.17, 15) is 14.7 Å². The van der Waals surface area contributed by atoms with Gasteiger partial charge >= 0.3 is 5.97 Å². The highest BCUT2D eigenvalue weighted by molar-refractivity contribution is 6.32. The van der Waals surface area contributed by atoms with Crippen LogP contribution in [0.4, 0.5) is 0 Å². The number of nitrogens with zero attached hydrogens (tertiary/aromatic N) is 1. The number of aryl methyl sites for hydroxylation is 1. The van der Waals surface area contributed by atoms with Crippen molar-refractivity contribution in [1.82, 2.24) is 4.90 Å². The van der Waals surface area contributed by atoms with Crippen LogP contribution in [0.2, 0.25) is 5.02 Å². The molecule has 0 bridgehead atoms. The number of rotatable bonds is 9. The molecule has 0 aliphatic heterocycles. The maximum absolute atomic E-state index is 13.1. The van der Waals surface area contributed by atoms with E-state index < -0.39 is 5.97 Å². The molecule has 31 heavy (non-hydrogen) atoms. The summed E-state index contributed by atoms with van der Waals surface area (Å²) < 4.78 is 5.60. The zero-order chi connectivity index (χ0) is 22.2. The van der Waals surface area contributed by atoms with Crippen molar-refractivity contribution < 1.29 is 19.4 Å². The third-order valence-corrected chi connectivity index (χ3v) is 5.26. The van der Waals surface area contributed by atoms with E-state index in [1.165, 1.54) is 23.8 Å². The van der Waals surface area contributed by atoms with Gasteiger partial charge in [0.05, 0.1) is 5.02 Å². The maximum atomic E-state index is 13.1. The molecule has 160 valence electrons. The Bertz CT molecular complexity index is 1050. The molecule has 1 amide bonds. The van der Waals surface area contributed by atoms with E-state index in [1.54, 1.807) is 4.90 Å². The van der Waals surface area contributed by atoms with Crippen LogP contribution < -0.4 is 4.74 Å². The summed E-state index contributed by atoms with van der Waals surface area (Å²) >= 11 is 6.12. The number of carboxylic acids is 1. The number of benzene rings is 3. The molecule has 0 spiro atoms. The van der Waals surface area contributed by atoms with Gasteiger partial charge < -0.3 is 14.7 Å². The van der Waals surface area contributed by atoms with E-state index in [-0.39, 0.29) is 28.8 Å². The van der Waals surface area contributed by atoms with Gasteiger partial charge in [-0.25, -0.2) is 4.79 Å². The Morgan fingerprint density at radius 3 is 2.26 bits per heavy atom. The van der Waals surface area contributed by atoms with Gasteiger partial charge in [0.2, 0.25) is 0 Å². The number of amides is 1. The van der Waals surface area contributed by atoms with Crippen molar-refractivity contribution in [2.45, 2.75) is 26.4 Å². The van der Waals surface area contributed by atoms with Crippen molar-refractivity contribution in [2.24, 2.45) is 0 Å². The second-order valence-corrected chi connectivity index (χ2v) is 7.48. The molecule has 0 saturated heterocycles. The monoisotopic (exact) mass is 437 g/mol. The van der Waals surface area contributed by atoms with Gasteiger partial charge in [-0.1, -0.05) is 79.2 Å². The maximum Gasteiger partial charge on any atom is 0.339 e. The van der Waals surface area contributed by atoms with Crippen LogP contribution in [0, 0.1) is 0 Å². The topological polar surface area (TPSA) is 66.8 Å². The first-order valence-electron chi connectivity index (χ1n) is 10.0. The molecule has 0 heterocycles. The summed E-state index contributed by atoms with van der Waals surface area (Å²) in [5.41, 5.74) is 3.16. The Labute approximate surface area is 186 Å². The first-order valence-corrected chi connectivity index (χ1v) is 10.4. The molecule has 3 aromatic carbocycles. The summed E-state index contributed by atoms with van der Waals surface area (Å²) in [6, 6.07) is 22.2. The molecular weight excluding hydrogens is 414 g/mol. The van der Waals surface area contributed by atoms with Gasteiger partial charge in [0.15, 0.2) is 12.4 Å². The third kappa shape index (κ3) is 5.86. The molecule has 0 aromatic heterocycles. The molecule has 0 unspecified atom stereocenters. The van der Waals surface area contributed by atoms with Gasteiger partial charge in [-0.2, -0.15) is 0 Å². The molecule has 0 radical (unpaired) electrons. The number of hydrogen-bond donors (Lipinski definition) is 1. The second kappa shape index (κ2) is 10.6. The van der Waals surface area contributed by atoms with Crippen molar-refractivity contribution in [1.29, 1.82) is 0 Å². The fourth-order valence-electron chi connectivity index (χ4n) is 3.35. The standard InChI is InChI=1S/C25H24ClNO4/c1-2-19-11-6-7-12-20(19)16-27(15-18-9-4-3-5-10-18)23(28)17-31-24-21(25(29)30)13-8-14-22(24)26/h3-14H,2,15-17H2,1H3,(H,29,30). The number of para-hydroxylation sites is 1. The Morgan fingerprint density at radius 2 is 1.58 bits per heavy atom. The van der Waals surface area contributed by atoms with Gasteiger partial charge in [-0.15, -0.1) is 0 Å². The Morgan fingerprint density at radius 1 is 0.903 bits per heavy atom. The third-order valence-electron chi connectivity index (χ3n) is 4.97. The molecule has 0 atom stereocenters. The Balaban J connectivity index is 1.82. The van der Waals surface area contributed by atoms with Crippen LogP contribution in [-0.2, 0) is 24.3 Å². The van der Waals surface area contributed by atoms with Crippen LogP contribution in [0.15, 0.2) is 72.8 Å². The zero-order valence-electron chi connectivity index (χ0n) is 17.3. The lowest BCUT2D eigenvalue weighted by Crippen LogP contribution is -2.34. The first kappa shape index (κ1) is 22.4. The summed E-state index contributed by atoms with van der Waals surface area (Å²) in [5.74, 6) is -1.42. The fraction of sp³-hybridized carbons (Fsp3) is 0.200. The second-order valence-electron chi connectivity index (χ2n) is 7.07. The predicted molar refractivity (Wildman–Crippen MR) is 120 cm³/mol. The fourth-order valence-corrected chi connectivity index (χ4v) is 3.58. The molecule has 3 aromatic rings. The van der Waals surface area contributed by atoms with Crippen LogP contribution in [0.5, 0.6) is 5.75 Å². The smallest absolute Gasteiger partial charge is 0.339 e. The molecule has 0 aliphatic rings. The van der Waals surface area contributed by atoms with E-state index in [0.29, 0.717) is 13.1 Å². The summed E-state index contributed by atoms with van der Waals surface area (Å²) in [7, 11) is 0. The van der Waals surface area contributed by atoms with Gasteiger partial charge in [-0.05, 0) is 35.2 Å². The highest BCUT2D eigenvalue weighted by Crippen LogP contribution is 2.29. The molecule has 1 N–H and O–H groups in total. The molecule has 0 fully saturated rings. The lowest BCUT2D eigenvalue weighted by atomic mass is 10.0. The van der Waals surface area contributed by atoms with Crippen molar-refractivity contribution in [3.63, 3.8) is 0 Å². The lowest BCUT2D eigenvalue weighted by Gasteiger charge is -2.24. The largest absolute Gasteiger partial charge is 0.481 e. The summed E-state index contributed by atoms with van der Waals surface area (Å²) in [6.07, 6.45) is 0.863. The van der Waals surface area contributed by atoms with Crippen LogP contribution in [-0.4, -0.2) is 28.5 Å². The van der Waals surface area contributed by atoms with Gasteiger partial charge in [0.25, 0.3) is 5.91 Å². The van der Waals surface area contributed by atoms with Crippen molar-refractivity contribution in [2.75, 3.05) is 6.61 Å². The zero-order valence-corrected chi connectivity index (χ0v) is 18.0. The minimum Gasteiger partial charge on any atom is -0.481 e. The van der Waals surface area contributed by atoms with Crippen LogP contribution in [0.1, 0.15) is 34.0 Å². The summed E-state index contributed by atoms with van der Waals surface area (Å²) in [6.45, 7) is 2.60. The average molecular weight is 438 g/mol. The molecule has 5 nitrogen and oxygen atoms in total. The first-order chi connectivity index (χ1) is 15.0. The number of ether oxygens (including phenoxy) is 1. The van der Waals surface area contributed by atoms with E-state index in [2.05, 4.69) is 13.0 Å². The van der Waals surface area contributed by atoms with Crippen molar-refractivity contribution in [3.05, 3.63) is 100 Å². The van der Waals surface area contributed by atoms with Crippen molar-refractivity contribution in [3.8, 4) is 5.75 Å². The Kier molecular flexibility index (Phi) is 7.68. The average Bonchev–Trinajstić information content (AvgIpc) is 2.78. The van der Waals surface area contributed by atoms with Gasteiger partial charge in [0.1, 0.15) is 5.56 Å². The predicted octanol–water partition coefficient (Wildman–Crippen LogP) is 5.21. The summed E-state index contributed by atoms with van der Waals surface area (Å²) in [5, 5.41) is 9.53. The van der Waals surface area contributed by atoms with E-state index in [0.717, 1.165) is 17.5 Å².